The fourth-order valence-corrected chi connectivity index (χ4v) is 8.60. The highest BCUT2D eigenvalue weighted by Crippen LogP contribution is 2.31. The Morgan fingerprint density at radius 1 is 1.00 bits per heavy atom. The molecule has 0 rings (SSSR count). The van der Waals surface area contributed by atoms with E-state index < -0.39 is 14.2 Å². The van der Waals surface area contributed by atoms with Crippen LogP contribution in [0.4, 0.5) is 4.79 Å². The Morgan fingerprint density at radius 3 is 1.82 bits per heavy atom. The van der Waals surface area contributed by atoms with Crippen molar-refractivity contribution in [1.82, 2.24) is 5.32 Å². The molecule has 1 N–H and O–H groups in total. The molecule has 1 amide bonds. The normalized spacial score (nSPS) is 11.5. The summed E-state index contributed by atoms with van der Waals surface area (Å²) in [6, 6.07) is 5.48. The molecular formula is C13H28NO2Si-. The maximum atomic E-state index is 10.3. The van der Waals surface area contributed by atoms with Gasteiger partial charge in [0.1, 0.15) is 6.09 Å². The summed E-state index contributed by atoms with van der Waals surface area (Å²) >= 11 is 0. The van der Waals surface area contributed by atoms with Gasteiger partial charge in [0, 0.05) is 6.54 Å². The number of amides is 1. The van der Waals surface area contributed by atoms with Crippen molar-refractivity contribution in [3.8, 4) is 0 Å². The standard InChI is InChI=1S/C13H29NO2Si/c1-4-9-17(10-5-2,11-6-3)12-7-8-14-13(15)16/h14H,4-12H2,1-3H3,(H,15,16)/p-1. The van der Waals surface area contributed by atoms with E-state index in [9.17, 15) is 9.90 Å². The largest absolute Gasteiger partial charge is 0.530 e. The van der Waals surface area contributed by atoms with Gasteiger partial charge in [0.05, 0.1) is 8.07 Å². The van der Waals surface area contributed by atoms with E-state index in [0.717, 1.165) is 6.42 Å². The summed E-state index contributed by atoms with van der Waals surface area (Å²) in [6.45, 7) is 7.37. The zero-order valence-electron chi connectivity index (χ0n) is 11.7. The fraction of sp³-hybridized carbons (Fsp3) is 0.923. The molecule has 0 aromatic carbocycles. The number of carbonyl (C=O) groups is 1. The SMILES string of the molecule is CCC[Si](CCC)(CCC)CCCNC(=O)[O-]. The van der Waals surface area contributed by atoms with Crippen molar-refractivity contribution in [2.45, 2.75) is 70.6 Å². The molecule has 0 aromatic rings. The number of carboxylic acid groups (broad SMARTS) is 1. The Labute approximate surface area is 107 Å². The van der Waals surface area contributed by atoms with Crippen LogP contribution in [-0.4, -0.2) is 20.7 Å². The number of hydrogen-bond donors (Lipinski definition) is 1. The summed E-state index contributed by atoms with van der Waals surface area (Å²) in [6.07, 6.45) is 3.68. The van der Waals surface area contributed by atoms with Crippen LogP contribution in [0.2, 0.25) is 24.2 Å². The van der Waals surface area contributed by atoms with Gasteiger partial charge in [-0.1, -0.05) is 64.2 Å². The molecule has 0 spiro atoms. The summed E-state index contributed by atoms with van der Waals surface area (Å²) in [5.74, 6) is 0. The van der Waals surface area contributed by atoms with Gasteiger partial charge < -0.3 is 15.2 Å². The van der Waals surface area contributed by atoms with E-state index in [4.69, 9.17) is 0 Å². The van der Waals surface area contributed by atoms with Gasteiger partial charge >= 0.3 is 0 Å². The lowest BCUT2D eigenvalue weighted by molar-refractivity contribution is -0.250. The van der Waals surface area contributed by atoms with Crippen LogP contribution in [0.5, 0.6) is 0 Å². The van der Waals surface area contributed by atoms with Gasteiger partial charge in [-0.2, -0.15) is 0 Å². The van der Waals surface area contributed by atoms with Crippen LogP contribution < -0.4 is 10.4 Å². The first-order valence-corrected chi connectivity index (χ1v) is 9.88. The minimum atomic E-state index is -1.14. The van der Waals surface area contributed by atoms with E-state index in [-0.39, 0.29) is 0 Å². The molecule has 3 nitrogen and oxygen atoms in total. The van der Waals surface area contributed by atoms with Crippen LogP contribution in [-0.2, 0) is 0 Å². The lowest BCUT2D eigenvalue weighted by atomic mass is 10.5. The summed E-state index contributed by atoms with van der Waals surface area (Å²) in [4.78, 5) is 10.3. The van der Waals surface area contributed by atoms with E-state index in [1.165, 1.54) is 43.4 Å². The monoisotopic (exact) mass is 258 g/mol. The Balaban J connectivity index is 4.18. The van der Waals surface area contributed by atoms with Crippen molar-refractivity contribution in [3.05, 3.63) is 0 Å². The molecule has 0 fully saturated rings. The Kier molecular flexibility index (Phi) is 9.22. The van der Waals surface area contributed by atoms with Crippen molar-refractivity contribution in [1.29, 1.82) is 0 Å². The highest BCUT2D eigenvalue weighted by atomic mass is 28.3. The van der Waals surface area contributed by atoms with Crippen molar-refractivity contribution in [2.24, 2.45) is 0 Å². The van der Waals surface area contributed by atoms with Gasteiger partial charge in [-0.15, -0.1) is 0 Å². The number of nitrogens with one attached hydrogen (secondary N) is 1. The zero-order valence-corrected chi connectivity index (χ0v) is 12.7. The minimum Gasteiger partial charge on any atom is -0.530 e. The first-order chi connectivity index (χ1) is 8.10. The molecule has 0 aromatic heterocycles. The molecule has 0 saturated carbocycles. The van der Waals surface area contributed by atoms with Gasteiger partial charge in [0.2, 0.25) is 0 Å². The van der Waals surface area contributed by atoms with Gasteiger partial charge in [0.25, 0.3) is 0 Å². The lowest BCUT2D eigenvalue weighted by Gasteiger charge is -2.31. The third-order valence-electron chi connectivity index (χ3n) is 3.49. The van der Waals surface area contributed by atoms with Crippen molar-refractivity contribution >= 4 is 14.2 Å². The molecule has 102 valence electrons. The molecule has 17 heavy (non-hydrogen) atoms. The number of rotatable bonds is 10. The molecule has 0 radical (unpaired) electrons. The van der Waals surface area contributed by atoms with Crippen LogP contribution >= 0.6 is 0 Å². The van der Waals surface area contributed by atoms with Gasteiger partial charge in [-0.05, 0) is 6.42 Å². The van der Waals surface area contributed by atoms with Crippen molar-refractivity contribution < 1.29 is 9.90 Å². The van der Waals surface area contributed by atoms with Crippen LogP contribution in [0, 0.1) is 0 Å². The third kappa shape index (κ3) is 7.42. The summed E-state index contributed by atoms with van der Waals surface area (Å²) in [5.41, 5.74) is 0. The van der Waals surface area contributed by atoms with Crippen LogP contribution in [0.15, 0.2) is 0 Å². The number of carbonyl (C=O) groups excluding carboxylic acids is 1. The summed E-state index contributed by atoms with van der Waals surface area (Å²) in [5, 5.41) is 12.7. The predicted octanol–water partition coefficient (Wildman–Crippen LogP) is 2.99. The van der Waals surface area contributed by atoms with E-state index in [1.54, 1.807) is 0 Å². The highest BCUT2D eigenvalue weighted by molar-refractivity contribution is 6.79. The second-order valence-corrected chi connectivity index (χ2v) is 10.1. The maximum Gasteiger partial charge on any atom is 0.134 e. The van der Waals surface area contributed by atoms with Crippen LogP contribution in [0.25, 0.3) is 0 Å². The second-order valence-electron chi connectivity index (χ2n) is 5.07. The Bertz CT molecular complexity index is 193. The number of hydrogen-bond acceptors (Lipinski definition) is 2. The summed E-state index contributed by atoms with van der Waals surface area (Å²) < 4.78 is 0. The zero-order chi connectivity index (χ0) is 13.1. The molecule has 0 bridgehead atoms. The van der Waals surface area contributed by atoms with E-state index in [1.807, 2.05) is 0 Å². The van der Waals surface area contributed by atoms with Crippen molar-refractivity contribution in [3.63, 3.8) is 0 Å². The maximum absolute atomic E-state index is 10.3. The quantitative estimate of drug-likeness (QED) is 0.484. The molecule has 0 atom stereocenters. The third-order valence-corrected chi connectivity index (χ3v) is 9.59. The van der Waals surface area contributed by atoms with E-state index in [0.29, 0.717) is 6.54 Å². The molecule has 0 unspecified atom stereocenters. The molecule has 0 aliphatic heterocycles. The molecule has 0 aliphatic carbocycles. The summed E-state index contributed by atoms with van der Waals surface area (Å²) in [7, 11) is -1.12. The van der Waals surface area contributed by atoms with Crippen LogP contribution in [0.3, 0.4) is 0 Å². The van der Waals surface area contributed by atoms with Gasteiger partial charge in [0.15, 0.2) is 0 Å². The topological polar surface area (TPSA) is 52.2 Å². The first kappa shape index (κ1) is 16.5. The predicted molar refractivity (Wildman–Crippen MR) is 73.9 cm³/mol. The fourth-order valence-electron chi connectivity index (χ4n) is 2.99. The van der Waals surface area contributed by atoms with E-state index in [2.05, 4.69) is 26.1 Å². The molecule has 0 saturated heterocycles. The molecule has 0 aliphatic rings. The average molecular weight is 258 g/mol. The molecule has 0 heterocycles. The first-order valence-electron chi connectivity index (χ1n) is 7.05. The average Bonchev–Trinajstić information content (AvgIpc) is 2.25. The van der Waals surface area contributed by atoms with Crippen LogP contribution in [0.1, 0.15) is 46.5 Å². The van der Waals surface area contributed by atoms with Gasteiger partial charge in [-0.3, -0.25) is 0 Å². The molecule has 4 heteroatoms. The van der Waals surface area contributed by atoms with E-state index >= 15 is 0 Å². The van der Waals surface area contributed by atoms with Crippen molar-refractivity contribution in [2.75, 3.05) is 6.54 Å². The minimum absolute atomic E-state index is 0.564. The smallest absolute Gasteiger partial charge is 0.134 e. The Hall–Kier alpha value is -0.513. The van der Waals surface area contributed by atoms with Gasteiger partial charge in [-0.25, -0.2) is 0 Å². The second kappa shape index (κ2) is 9.51. The highest BCUT2D eigenvalue weighted by Gasteiger charge is 2.28. The molecular weight excluding hydrogens is 230 g/mol. The lowest BCUT2D eigenvalue weighted by Crippen LogP contribution is -2.39. The Morgan fingerprint density at radius 2 is 1.47 bits per heavy atom.